The fourth-order valence-electron chi connectivity index (χ4n) is 3.34. The molecule has 1 N–H and O–H groups in total. The van der Waals surface area contributed by atoms with Gasteiger partial charge in [0, 0.05) is 30.9 Å². The minimum atomic E-state index is -3.71. The molecule has 0 bridgehead atoms. The van der Waals surface area contributed by atoms with Gasteiger partial charge in [-0.15, -0.1) is 0 Å². The monoisotopic (exact) mass is 416 g/mol. The number of hydrogen-bond donors (Lipinski definition) is 1. The summed E-state index contributed by atoms with van der Waals surface area (Å²) in [6.07, 6.45) is 5.37. The summed E-state index contributed by atoms with van der Waals surface area (Å²) in [6.45, 7) is 7.40. The number of nitrogens with one attached hydrogen (secondary N) is 1. The topological polar surface area (TPSA) is 101 Å². The predicted octanol–water partition coefficient (Wildman–Crippen LogP) is 2.42. The Bertz CT molecular complexity index is 1010. The van der Waals surface area contributed by atoms with Gasteiger partial charge >= 0.3 is 0 Å². The third-order valence-electron chi connectivity index (χ3n) is 4.71. The lowest BCUT2D eigenvalue weighted by molar-refractivity contribution is -0.117. The molecule has 29 heavy (non-hydrogen) atoms. The SMILES string of the molecule is C=CC(=O)NC1CCN(S(=O)(=O)c2cccc(Oc3cncc(C)n3)c2)C(C)C1. The Morgan fingerprint density at radius 3 is 2.86 bits per heavy atom. The third-order valence-corrected chi connectivity index (χ3v) is 6.72. The van der Waals surface area contributed by atoms with Crippen LogP contribution in [-0.4, -0.2) is 47.2 Å². The van der Waals surface area contributed by atoms with Gasteiger partial charge in [-0.3, -0.25) is 9.78 Å². The molecular formula is C20H24N4O4S. The van der Waals surface area contributed by atoms with Crippen molar-refractivity contribution in [3.05, 3.63) is 55.0 Å². The zero-order valence-corrected chi connectivity index (χ0v) is 17.2. The van der Waals surface area contributed by atoms with E-state index < -0.39 is 10.0 Å². The van der Waals surface area contributed by atoms with E-state index in [9.17, 15) is 13.2 Å². The highest BCUT2D eigenvalue weighted by Gasteiger charge is 2.35. The Labute approximate surface area is 170 Å². The molecule has 2 aromatic rings. The van der Waals surface area contributed by atoms with Crippen LogP contribution in [-0.2, 0) is 14.8 Å². The fraction of sp³-hybridized carbons (Fsp3) is 0.350. The van der Waals surface area contributed by atoms with Crippen molar-refractivity contribution in [1.82, 2.24) is 19.6 Å². The smallest absolute Gasteiger partial charge is 0.243 e. The van der Waals surface area contributed by atoms with Crippen LogP contribution in [0.2, 0.25) is 0 Å². The van der Waals surface area contributed by atoms with Crippen molar-refractivity contribution < 1.29 is 17.9 Å². The molecule has 1 aliphatic rings. The lowest BCUT2D eigenvalue weighted by Crippen LogP contribution is -2.50. The fourth-order valence-corrected chi connectivity index (χ4v) is 5.03. The van der Waals surface area contributed by atoms with E-state index in [0.717, 1.165) is 0 Å². The number of rotatable bonds is 6. The molecule has 0 radical (unpaired) electrons. The molecule has 0 saturated carbocycles. The Morgan fingerprint density at radius 2 is 2.17 bits per heavy atom. The van der Waals surface area contributed by atoms with Crippen LogP contribution < -0.4 is 10.1 Å². The van der Waals surface area contributed by atoms with Crippen LogP contribution in [0.4, 0.5) is 0 Å². The maximum absolute atomic E-state index is 13.2. The van der Waals surface area contributed by atoms with Crippen molar-refractivity contribution in [3.63, 3.8) is 0 Å². The second kappa shape index (κ2) is 8.71. The number of aryl methyl sites for hydroxylation is 1. The molecule has 1 fully saturated rings. The number of amides is 1. The molecule has 3 rings (SSSR count). The first-order valence-electron chi connectivity index (χ1n) is 9.31. The minimum absolute atomic E-state index is 0.0727. The maximum Gasteiger partial charge on any atom is 0.243 e. The Balaban J connectivity index is 1.76. The van der Waals surface area contributed by atoms with Crippen molar-refractivity contribution >= 4 is 15.9 Å². The molecule has 8 nitrogen and oxygen atoms in total. The van der Waals surface area contributed by atoms with Crippen LogP contribution in [0.1, 0.15) is 25.5 Å². The second-order valence-electron chi connectivity index (χ2n) is 6.97. The molecule has 1 aromatic carbocycles. The van der Waals surface area contributed by atoms with Gasteiger partial charge in [0.25, 0.3) is 0 Å². The highest BCUT2D eigenvalue weighted by atomic mass is 32.2. The molecule has 1 aromatic heterocycles. The lowest BCUT2D eigenvalue weighted by atomic mass is 10.0. The molecule has 9 heteroatoms. The van der Waals surface area contributed by atoms with Crippen LogP contribution >= 0.6 is 0 Å². The van der Waals surface area contributed by atoms with Crippen molar-refractivity contribution in [2.45, 2.75) is 43.7 Å². The van der Waals surface area contributed by atoms with Gasteiger partial charge in [0.15, 0.2) is 0 Å². The molecule has 1 saturated heterocycles. The lowest BCUT2D eigenvalue weighted by Gasteiger charge is -2.36. The zero-order valence-electron chi connectivity index (χ0n) is 16.4. The van der Waals surface area contributed by atoms with Crippen molar-refractivity contribution in [1.29, 1.82) is 0 Å². The van der Waals surface area contributed by atoms with E-state index in [1.165, 1.54) is 22.6 Å². The molecule has 154 valence electrons. The normalized spacial score (nSPS) is 20.1. The van der Waals surface area contributed by atoms with Crippen LogP contribution in [0.3, 0.4) is 0 Å². The molecule has 2 unspecified atom stereocenters. The summed E-state index contributed by atoms with van der Waals surface area (Å²) in [7, 11) is -3.71. The van der Waals surface area contributed by atoms with Gasteiger partial charge in [-0.05, 0) is 44.9 Å². The quantitative estimate of drug-likeness (QED) is 0.726. The van der Waals surface area contributed by atoms with Crippen LogP contribution in [0.15, 0.2) is 54.2 Å². The summed E-state index contributed by atoms with van der Waals surface area (Å²) in [5.74, 6) is 0.418. The standard InChI is InChI=1S/C20H24N4O4S/c1-4-19(25)23-16-8-9-24(15(3)10-16)29(26,27)18-7-5-6-17(11-18)28-20-13-21-12-14(2)22-20/h4-7,11-13,15-16H,1,8-10H2,2-3H3,(H,23,25). The van der Waals surface area contributed by atoms with Crippen LogP contribution in [0, 0.1) is 6.92 Å². The van der Waals surface area contributed by atoms with Gasteiger partial charge in [0.1, 0.15) is 5.75 Å². The summed E-state index contributed by atoms with van der Waals surface area (Å²) in [5, 5.41) is 2.84. The average Bonchev–Trinajstić information content (AvgIpc) is 2.68. The van der Waals surface area contributed by atoms with E-state index in [-0.39, 0.29) is 22.9 Å². The largest absolute Gasteiger partial charge is 0.437 e. The van der Waals surface area contributed by atoms with Crippen molar-refractivity contribution in [2.24, 2.45) is 0 Å². The first-order chi connectivity index (χ1) is 13.8. The number of benzene rings is 1. The van der Waals surface area contributed by atoms with Crippen molar-refractivity contribution in [2.75, 3.05) is 6.54 Å². The maximum atomic E-state index is 13.2. The van der Waals surface area contributed by atoms with E-state index in [1.807, 2.05) is 6.92 Å². The molecule has 1 amide bonds. The number of ether oxygens (including phenoxy) is 1. The summed E-state index contributed by atoms with van der Waals surface area (Å²) in [5.41, 5.74) is 0.700. The summed E-state index contributed by atoms with van der Waals surface area (Å²) in [4.78, 5) is 19.9. The number of hydrogen-bond acceptors (Lipinski definition) is 6. The first kappa shape index (κ1) is 20.9. The number of carbonyl (C=O) groups is 1. The number of nitrogens with zero attached hydrogens (tertiary/aromatic N) is 3. The van der Waals surface area contributed by atoms with Crippen LogP contribution in [0.25, 0.3) is 0 Å². The molecule has 0 aliphatic carbocycles. The van der Waals surface area contributed by atoms with Gasteiger partial charge in [-0.25, -0.2) is 13.4 Å². The molecular weight excluding hydrogens is 392 g/mol. The van der Waals surface area contributed by atoms with Crippen LogP contribution in [0.5, 0.6) is 11.6 Å². The third kappa shape index (κ3) is 4.99. The summed E-state index contributed by atoms with van der Waals surface area (Å²) >= 11 is 0. The number of piperidine rings is 1. The Kier molecular flexibility index (Phi) is 6.29. The van der Waals surface area contributed by atoms with Crippen molar-refractivity contribution in [3.8, 4) is 11.6 Å². The highest BCUT2D eigenvalue weighted by Crippen LogP contribution is 2.28. The summed E-state index contributed by atoms with van der Waals surface area (Å²) < 4.78 is 33.5. The Morgan fingerprint density at radius 1 is 1.38 bits per heavy atom. The molecule has 2 atom stereocenters. The van der Waals surface area contributed by atoms with Gasteiger partial charge in [0.2, 0.25) is 21.8 Å². The van der Waals surface area contributed by atoms with E-state index >= 15 is 0 Å². The Hall–Kier alpha value is -2.78. The minimum Gasteiger partial charge on any atom is -0.437 e. The number of aromatic nitrogens is 2. The van der Waals surface area contributed by atoms with Gasteiger partial charge in [-0.1, -0.05) is 12.6 Å². The average molecular weight is 417 g/mol. The van der Waals surface area contributed by atoms with Gasteiger partial charge < -0.3 is 10.1 Å². The van der Waals surface area contributed by atoms with Gasteiger partial charge in [0.05, 0.1) is 16.8 Å². The summed E-state index contributed by atoms with van der Waals surface area (Å²) in [6, 6.07) is 6.00. The highest BCUT2D eigenvalue weighted by molar-refractivity contribution is 7.89. The molecule has 2 heterocycles. The van der Waals surface area contributed by atoms with Gasteiger partial charge in [-0.2, -0.15) is 4.31 Å². The van der Waals surface area contributed by atoms with E-state index in [1.54, 1.807) is 31.3 Å². The molecule has 0 spiro atoms. The first-order valence-corrected chi connectivity index (χ1v) is 10.7. The second-order valence-corrected chi connectivity index (χ2v) is 8.86. The zero-order chi connectivity index (χ0) is 21.0. The predicted molar refractivity (Wildman–Crippen MR) is 108 cm³/mol. The van der Waals surface area contributed by atoms with E-state index in [0.29, 0.717) is 36.7 Å². The van der Waals surface area contributed by atoms with E-state index in [2.05, 4.69) is 21.9 Å². The number of carbonyl (C=O) groups excluding carboxylic acids is 1. The number of sulfonamides is 1. The molecule has 1 aliphatic heterocycles. The van der Waals surface area contributed by atoms with E-state index in [4.69, 9.17) is 4.74 Å².